The largest absolute Gasteiger partial charge is 0.409 e. The van der Waals surface area contributed by atoms with Gasteiger partial charge in [0.1, 0.15) is 5.69 Å². The molecule has 0 aliphatic rings. The molecule has 0 aromatic carbocycles. The smallest absolute Gasteiger partial charge is 0.188 e. The summed E-state index contributed by atoms with van der Waals surface area (Å²) in [7, 11) is 0. The van der Waals surface area contributed by atoms with Gasteiger partial charge in [0, 0.05) is 12.7 Å². The van der Waals surface area contributed by atoms with Crippen molar-refractivity contribution in [1.82, 2.24) is 10.3 Å². The van der Waals surface area contributed by atoms with Gasteiger partial charge in [0.25, 0.3) is 0 Å². The predicted octanol–water partition coefficient (Wildman–Crippen LogP) is 2.19. The average Bonchev–Trinajstić information content (AvgIpc) is 2.42. The lowest BCUT2D eigenvalue weighted by Crippen LogP contribution is -2.29. The number of nitrogens with one attached hydrogen (secondary N) is 1. The molecule has 0 saturated carbocycles. The van der Waals surface area contributed by atoms with Gasteiger partial charge in [-0.3, -0.25) is 4.98 Å². The second-order valence-electron chi connectivity index (χ2n) is 5.82. The molecule has 20 heavy (non-hydrogen) atoms. The highest BCUT2D eigenvalue weighted by molar-refractivity contribution is 5.95. The predicted molar refractivity (Wildman–Crippen MR) is 81.6 cm³/mol. The summed E-state index contributed by atoms with van der Waals surface area (Å²) in [6, 6.07) is 3.77. The van der Waals surface area contributed by atoms with Crippen molar-refractivity contribution < 1.29 is 5.21 Å². The van der Waals surface area contributed by atoms with Gasteiger partial charge in [0.05, 0.1) is 0 Å². The summed E-state index contributed by atoms with van der Waals surface area (Å²) in [5.74, 6) is 2.01. The molecule has 4 N–H and O–H groups in total. The molecule has 1 aromatic rings. The minimum absolute atomic E-state index is 0.0362. The third-order valence-corrected chi connectivity index (χ3v) is 3.62. The van der Waals surface area contributed by atoms with E-state index in [0.717, 1.165) is 18.7 Å². The van der Waals surface area contributed by atoms with Crippen molar-refractivity contribution in [3.8, 4) is 0 Å². The Morgan fingerprint density at radius 3 is 2.55 bits per heavy atom. The molecule has 0 amide bonds. The van der Waals surface area contributed by atoms with E-state index in [1.807, 2.05) is 12.1 Å². The number of oxime groups is 1. The summed E-state index contributed by atoms with van der Waals surface area (Å²) in [6.07, 6.45) is 1.67. The van der Waals surface area contributed by atoms with Crippen LogP contribution in [-0.4, -0.2) is 22.6 Å². The quantitative estimate of drug-likeness (QED) is 0.309. The monoisotopic (exact) mass is 278 g/mol. The fraction of sp³-hybridized carbons (Fsp3) is 0.600. The zero-order valence-electron chi connectivity index (χ0n) is 12.8. The van der Waals surface area contributed by atoms with Crippen molar-refractivity contribution in [2.24, 2.45) is 28.6 Å². The van der Waals surface area contributed by atoms with E-state index in [1.54, 1.807) is 6.20 Å². The van der Waals surface area contributed by atoms with Crippen LogP contribution in [0, 0.1) is 17.8 Å². The fourth-order valence-corrected chi connectivity index (χ4v) is 2.40. The molecule has 5 heteroatoms. The number of nitrogens with two attached hydrogens (primary N) is 1. The highest BCUT2D eigenvalue weighted by Crippen LogP contribution is 2.19. The number of pyridine rings is 1. The van der Waals surface area contributed by atoms with Crippen molar-refractivity contribution in [2.45, 2.75) is 34.2 Å². The Labute approximate surface area is 121 Å². The highest BCUT2D eigenvalue weighted by Gasteiger charge is 2.16. The molecule has 0 radical (unpaired) electrons. The molecule has 0 spiro atoms. The standard InChI is InChI=1S/C15H26N4O/c1-10(2)13(11(3)4)9-17-8-12-5-6-18-14(7-12)15(16)19-20/h5-7,10-11,13,17,20H,8-9H2,1-4H3,(H2,16,19). The van der Waals surface area contributed by atoms with Crippen LogP contribution in [0.1, 0.15) is 39.0 Å². The average molecular weight is 278 g/mol. The van der Waals surface area contributed by atoms with E-state index in [1.165, 1.54) is 0 Å². The Hall–Kier alpha value is -1.62. The lowest BCUT2D eigenvalue weighted by Gasteiger charge is -2.25. The van der Waals surface area contributed by atoms with Gasteiger partial charge in [0.15, 0.2) is 5.84 Å². The minimum atomic E-state index is 0.0362. The summed E-state index contributed by atoms with van der Waals surface area (Å²) < 4.78 is 0. The van der Waals surface area contributed by atoms with Gasteiger partial charge in [0.2, 0.25) is 0 Å². The van der Waals surface area contributed by atoms with Gasteiger partial charge < -0.3 is 16.3 Å². The lowest BCUT2D eigenvalue weighted by atomic mass is 9.85. The molecule has 112 valence electrons. The normalized spacial score (nSPS) is 12.7. The van der Waals surface area contributed by atoms with E-state index >= 15 is 0 Å². The number of hydrogen-bond donors (Lipinski definition) is 3. The van der Waals surface area contributed by atoms with E-state index in [0.29, 0.717) is 23.4 Å². The Morgan fingerprint density at radius 2 is 2.00 bits per heavy atom. The van der Waals surface area contributed by atoms with E-state index < -0.39 is 0 Å². The number of amidine groups is 1. The molecule has 0 fully saturated rings. The summed E-state index contributed by atoms with van der Waals surface area (Å²) in [5.41, 5.74) is 7.11. The van der Waals surface area contributed by atoms with Crippen molar-refractivity contribution in [3.05, 3.63) is 29.6 Å². The maximum absolute atomic E-state index is 8.66. The molecule has 1 rings (SSSR count). The molecule has 1 aromatic heterocycles. The van der Waals surface area contributed by atoms with Crippen LogP contribution >= 0.6 is 0 Å². The second-order valence-corrected chi connectivity index (χ2v) is 5.82. The molecule has 5 nitrogen and oxygen atoms in total. The lowest BCUT2D eigenvalue weighted by molar-refractivity contribution is 0.275. The molecular weight excluding hydrogens is 252 g/mol. The topological polar surface area (TPSA) is 83.5 Å². The zero-order chi connectivity index (χ0) is 15.1. The van der Waals surface area contributed by atoms with E-state index in [2.05, 4.69) is 43.2 Å². The van der Waals surface area contributed by atoms with Gasteiger partial charge in [-0.2, -0.15) is 0 Å². The summed E-state index contributed by atoms with van der Waals surface area (Å²) in [6.45, 7) is 10.8. The molecular formula is C15H26N4O. The van der Waals surface area contributed by atoms with Crippen LogP contribution in [-0.2, 0) is 6.54 Å². The van der Waals surface area contributed by atoms with Gasteiger partial charge in [-0.25, -0.2) is 0 Å². The molecule has 0 unspecified atom stereocenters. The SMILES string of the molecule is CC(C)C(CNCc1ccnc(/C(N)=N/O)c1)C(C)C. The Kier molecular flexibility index (Phi) is 6.45. The maximum atomic E-state index is 8.66. The molecule has 1 heterocycles. The minimum Gasteiger partial charge on any atom is -0.409 e. The first-order valence-electron chi connectivity index (χ1n) is 7.09. The molecule has 0 bridgehead atoms. The Morgan fingerprint density at radius 1 is 1.35 bits per heavy atom. The summed E-state index contributed by atoms with van der Waals surface area (Å²) in [4.78, 5) is 4.07. The first kappa shape index (κ1) is 16.4. The molecule has 0 atom stereocenters. The van der Waals surface area contributed by atoms with Crippen LogP contribution in [0.4, 0.5) is 0 Å². The maximum Gasteiger partial charge on any atom is 0.188 e. The third-order valence-electron chi connectivity index (χ3n) is 3.62. The third kappa shape index (κ3) is 4.81. The molecule has 0 aliphatic heterocycles. The molecule has 0 saturated heterocycles. The first-order chi connectivity index (χ1) is 9.45. The van der Waals surface area contributed by atoms with Gasteiger partial charge in [-0.1, -0.05) is 32.9 Å². The Bertz CT molecular complexity index is 435. The van der Waals surface area contributed by atoms with Gasteiger partial charge in [-0.15, -0.1) is 0 Å². The van der Waals surface area contributed by atoms with Crippen LogP contribution in [0.3, 0.4) is 0 Å². The van der Waals surface area contributed by atoms with E-state index in [-0.39, 0.29) is 5.84 Å². The molecule has 0 aliphatic carbocycles. The van der Waals surface area contributed by atoms with Crippen molar-refractivity contribution >= 4 is 5.84 Å². The van der Waals surface area contributed by atoms with Crippen molar-refractivity contribution in [3.63, 3.8) is 0 Å². The van der Waals surface area contributed by atoms with Crippen LogP contribution in [0.2, 0.25) is 0 Å². The van der Waals surface area contributed by atoms with E-state index in [4.69, 9.17) is 10.9 Å². The second kappa shape index (κ2) is 7.85. The highest BCUT2D eigenvalue weighted by atomic mass is 16.4. The number of hydrogen-bond acceptors (Lipinski definition) is 4. The number of aromatic nitrogens is 1. The zero-order valence-corrected chi connectivity index (χ0v) is 12.8. The van der Waals surface area contributed by atoms with Crippen LogP contribution < -0.4 is 11.1 Å². The van der Waals surface area contributed by atoms with Gasteiger partial charge >= 0.3 is 0 Å². The number of nitrogens with zero attached hydrogens (tertiary/aromatic N) is 2. The van der Waals surface area contributed by atoms with Crippen LogP contribution in [0.15, 0.2) is 23.5 Å². The Balaban J connectivity index is 2.58. The van der Waals surface area contributed by atoms with Crippen LogP contribution in [0.5, 0.6) is 0 Å². The van der Waals surface area contributed by atoms with Crippen molar-refractivity contribution in [1.29, 1.82) is 0 Å². The summed E-state index contributed by atoms with van der Waals surface area (Å²) >= 11 is 0. The van der Waals surface area contributed by atoms with Crippen LogP contribution in [0.25, 0.3) is 0 Å². The number of rotatable bonds is 7. The fourth-order valence-electron chi connectivity index (χ4n) is 2.40. The first-order valence-corrected chi connectivity index (χ1v) is 7.09. The van der Waals surface area contributed by atoms with E-state index in [9.17, 15) is 0 Å². The van der Waals surface area contributed by atoms with Gasteiger partial charge in [-0.05, 0) is 42.0 Å². The summed E-state index contributed by atoms with van der Waals surface area (Å²) in [5, 5.41) is 15.1. The van der Waals surface area contributed by atoms with Crippen molar-refractivity contribution in [2.75, 3.05) is 6.54 Å².